The van der Waals surface area contributed by atoms with Gasteiger partial charge < -0.3 is 10.6 Å². The van der Waals surface area contributed by atoms with Crippen LogP contribution >= 0.6 is 27.3 Å². The Kier molecular flexibility index (Phi) is 4.52. The molecule has 1 aromatic heterocycles. The third-order valence-corrected chi connectivity index (χ3v) is 5.59. The third kappa shape index (κ3) is 3.38. The van der Waals surface area contributed by atoms with E-state index in [1.165, 1.54) is 23.8 Å². The quantitative estimate of drug-likeness (QED) is 0.637. The molecular weight excluding hydrogens is 414 g/mol. The van der Waals surface area contributed by atoms with Gasteiger partial charge in [-0.3, -0.25) is 9.79 Å². The maximum atomic E-state index is 11.2. The third-order valence-electron chi connectivity index (χ3n) is 3.85. The number of halogens is 1. The molecule has 6 nitrogen and oxygen atoms in total. The van der Waals surface area contributed by atoms with Gasteiger partial charge in [-0.05, 0) is 39.7 Å². The Morgan fingerprint density at radius 3 is 2.96 bits per heavy atom. The Labute approximate surface area is 162 Å². The predicted octanol–water partition coefficient (Wildman–Crippen LogP) is 4.60. The average molecular weight is 428 g/mol. The molecule has 1 aliphatic heterocycles. The van der Waals surface area contributed by atoms with Crippen LogP contribution in [-0.4, -0.2) is 22.3 Å². The highest BCUT2D eigenvalue weighted by Crippen LogP contribution is 2.35. The van der Waals surface area contributed by atoms with Crippen LogP contribution in [0.4, 0.5) is 16.5 Å². The molecule has 4 rings (SSSR count). The van der Waals surface area contributed by atoms with Gasteiger partial charge in [0.25, 0.3) is 0 Å². The number of amides is 1. The Balaban J connectivity index is 1.58. The summed E-state index contributed by atoms with van der Waals surface area (Å²) in [5.41, 5.74) is 4.87. The van der Waals surface area contributed by atoms with Crippen molar-refractivity contribution in [1.29, 1.82) is 0 Å². The van der Waals surface area contributed by atoms with E-state index >= 15 is 0 Å². The molecule has 130 valence electrons. The fourth-order valence-corrected chi connectivity index (χ4v) is 4.02. The van der Waals surface area contributed by atoms with E-state index < -0.39 is 0 Å². The highest BCUT2D eigenvalue weighted by atomic mass is 79.9. The Morgan fingerprint density at radius 1 is 1.23 bits per heavy atom. The first-order chi connectivity index (χ1) is 12.6. The number of carbonyl (C=O) groups excluding carboxylic acids is 1. The van der Waals surface area contributed by atoms with E-state index in [2.05, 4.69) is 47.8 Å². The van der Waals surface area contributed by atoms with E-state index in [1.54, 1.807) is 0 Å². The number of nitrogens with zero attached hydrogens (tertiary/aromatic N) is 3. The fourth-order valence-electron chi connectivity index (χ4n) is 2.68. The minimum atomic E-state index is -0.105. The molecule has 2 aromatic carbocycles. The molecule has 0 bridgehead atoms. The molecule has 2 N–H and O–H groups in total. The van der Waals surface area contributed by atoms with Crippen LogP contribution < -0.4 is 10.6 Å². The van der Waals surface area contributed by atoms with Crippen LogP contribution in [0.1, 0.15) is 18.1 Å². The Bertz CT molecular complexity index is 1030. The van der Waals surface area contributed by atoms with Crippen molar-refractivity contribution in [3.05, 3.63) is 52.0 Å². The maximum absolute atomic E-state index is 11.2. The monoisotopic (exact) mass is 427 g/mol. The SMILES string of the molecule is CC(=O)Nc1cccc(-c2nnc(Nc3ccc4c(c3Br)C=NC4)s2)c1. The van der Waals surface area contributed by atoms with E-state index in [-0.39, 0.29) is 5.91 Å². The van der Waals surface area contributed by atoms with E-state index in [1.807, 2.05) is 36.5 Å². The van der Waals surface area contributed by atoms with Crippen molar-refractivity contribution >= 4 is 55.9 Å². The number of hydrogen-bond donors (Lipinski definition) is 2. The summed E-state index contributed by atoms with van der Waals surface area (Å²) in [5, 5.41) is 16.0. The fraction of sp³-hybridized carbons (Fsp3) is 0.111. The molecule has 0 atom stereocenters. The van der Waals surface area contributed by atoms with Gasteiger partial charge in [0.1, 0.15) is 5.01 Å². The van der Waals surface area contributed by atoms with Crippen LogP contribution in [0.3, 0.4) is 0 Å². The number of fused-ring (bicyclic) bond motifs is 1. The zero-order valence-corrected chi connectivity index (χ0v) is 16.2. The lowest BCUT2D eigenvalue weighted by molar-refractivity contribution is -0.114. The van der Waals surface area contributed by atoms with Crippen molar-refractivity contribution < 1.29 is 4.79 Å². The lowest BCUT2D eigenvalue weighted by Crippen LogP contribution is -2.05. The predicted molar refractivity (Wildman–Crippen MR) is 108 cm³/mol. The summed E-state index contributed by atoms with van der Waals surface area (Å²) < 4.78 is 0.973. The molecule has 8 heteroatoms. The molecule has 26 heavy (non-hydrogen) atoms. The normalized spacial score (nSPS) is 12.1. The van der Waals surface area contributed by atoms with Crippen molar-refractivity contribution in [2.24, 2.45) is 4.99 Å². The molecule has 0 spiro atoms. The summed E-state index contributed by atoms with van der Waals surface area (Å²) in [4.78, 5) is 15.5. The zero-order chi connectivity index (χ0) is 18.1. The van der Waals surface area contributed by atoms with Gasteiger partial charge >= 0.3 is 0 Å². The Morgan fingerprint density at radius 2 is 2.12 bits per heavy atom. The van der Waals surface area contributed by atoms with Gasteiger partial charge in [-0.1, -0.05) is 29.5 Å². The second-order valence-electron chi connectivity index (χ2n) is 5.77. The van der Waals surface area contributed by atoms with Crippen LogP contribution in [0.5, 0.6) is 0 Å². The topological polar surface area (TPSA) is 79.3 Å². The Hall–Kier alpha value is -2.58. The number of hydrogen-bond acceptors (Lipinski definition) is 6. The van der Waals surface area contributed by atoms with Crippen LogP contribution in [-0.2, 0) is 11.3 Å². The van der Waals surface area contributed by atoms with E-state index in [0.717, 1.165) is 38.5 Å². The molecular formula is C18H14BrN5OS. The van der Waals surface area contributed by atoms with Gasteiger partial charge in [0.15, 0.2) is 0 Å². The van der Waals surface area contributed by atoms with Gasteiger partial charge in [-0.2, -0.15) is 0 Å². The number of rotatable bonds is 4. The first-order valence-corrected chi connectivity index (χ1v) is 9.51. The molecule has 2 heterocycles. The van der Waals surface area contributed by atoms with Crippen molar-refractivity contribution in [3.8, 4) is 10.6 Å². The summed E-state index contributed by atoms with van der Waals surface area (Å²) in [7, 11) is 0. The van der Waals surface area contributed by atoms with Crippen molar-refractivity contribution in [3.63, 3.8) is 0 Å². The zero-order valence-electron chi connectivity index (χ0n) is 13.8. The molecule has 1 amide bonds. The lowest BCUT2D eigenvalue weighted by atomic mass is 10.1. The summed E-state index contributed by atoms with van der Waals surface area (Å²) >= 11 is 5.09. The summed E-state index contributed by atoms with van der Waals surface area (Å²) in [6.07, 6.45) is 1.88. The smallest absolute Gasteiger partial charge is 0.221 e. The van der Waals surface area contributed by atoms with Gasteiger partial charge in [0.05, 0.1) is 16.7 Å². The van der Waals surface area contributed by atoms with Crippen LogP contribution in [0.15, 0.2) is 45.9 Å². The van der Waals surface area contributed by atoms with E-state index in [4.69, 9.17) is 0 Å². The minimum absolute atomic E-state index is 0.105. The first-order valence-electron chi connectivity index (χ1n) is 7.90. The van der Waals surface area contributed by atoms with Crippen LogP contribution in [0, 0.1) is 0 Å². The second kappa shape index (κ2) is 6.97. The van der Waals surface area contributed by atoms with Gasteiger partial charge in [0, 0.05) is 30.0 Å². The number of carbonyl (C=O) groups is 1. The summed E-state index contributed by atoms with van der Waals surface area (Å²) in [6.45, 7) is 2.21. The minimum Gasteiger partial charge on any atom is -0.329 e. The molecule has 0 fully saturated rings. The average Bonchev–Trinajstić information content (AvgIpc) is 3.27. The van der Waals surface area contributed by atoms with E-state index in [9.17, 15) is 4.79 Å². The molecule has 1 aliphatic rings. The standard InChI is InChI=1S/C18H14BrN5OS/c1-10(25)21-13-4-2-3-11(7-13)17-23-24-18(26-17)22-15-6-5-12-8-20-9-14(12)16(15)19/h2-7,9H,8H2,1H3,(H,21,25)(H,22,24). The first kappa shape index (κ1) is 16.9. The lowest BCUT2D eigenvalue weighted by Gasteiger charge is -2.08. The van der Waals surface area contributed by atoms with Crippen LogP contribution in [0.2, 0.25) is 0 Å². The summed E-state index contributed by atoms with van der Waals surface area (Å²) in [6, 6.07) is 11.6. The van der Waals surface area contributed by atoms with Crippen LogP contribution in [0.25, 0.3) is 10.6 Å². The number of nitrogens with one attached hydrogen (secondary N) is 2. The number of aliphatic imine (C=N–C) groups is 1. The van der Waals surface area contributed by atoms with Gasteiger partial charge in [0.2, 0.25) is 11.0 Å². The summed E-state index contributed by atoms with van der Waals surface area (Å²) in [5.74, 6) is -0.105. The number of benzene rings is 2. The number of aromatic nitrogens is 2. The maximum Gasteiger partial charge on any atom is 0.221 e. The molecule has 0 saturated carbocycles. The molecule has 0 unspecified atom stereocenters. The van der Waals surface area contributed by atoms with Crippen molar-refractivity contribution in [2.45, 2.75) is 13.5 Å². The molecule has 3 aromatic rings. The number of anilines is 3. The highest BCUT2D eigenvalue weighted by molar-refractivity contribution is 9.10. The van der Waals surface area contributed by atoms with Crippen molar-refractivity contribution in [1.82, 2.24) is 10.2 Å². The second-order valence-corrected chi connectivity index (χ2v) is 7.54. The van der Waals surface area contributed by atoms with E-state index in [0.29, 0.717) is 5.13 Å². The van der Waals surface area contributed by atoms with Crippen molar-refractivity contribution in [2.75, 3.05) is 10.6 Å². The molecule has 0 saturated heterocycles. The van der Waals surface area contributed by atoms with Gasteiger partial charge in [-0.15, -0.1) is 10.2 Å². The van der Waals surface area contributed by atoms with Gasteiger partial charge in [-0.25, -0.2) is 0 Å². The largest absolute Gasteiger partial charge is 0.329 e. The highest BCUT2D eigenvalue weighted by Gasteiger charge is 2.15. The molecule has 0 radical (unpaired) electrons. The molecule has 0 aliphatic carbocycles.